The van der Waals surface area contributed by atoms with E-state index in [1.807, 2.05) is 0 Å². The van der Waals surface area contributed by atoms with Gasteiger partial charge in [-0.1, -0.05) is 25.3 Å². The SMILES string of the molecule is COc1cccc(F)c1C(=O)NCC1(N2CCN(S(=O)(=O)c3cn(C)cn3)CC2)CCCCC1.Cl. The first kappa shape index (κ1) is 27.4. The van der Waals surface area contributed by atoms with Crippen LogP contribution in [0.15, 0.2) is 35.7 Å². The summed E-state index contributed by atoms with van der Waals surface area (Å²) >= 11 is 0. The van der Waals surface area contributed by atoms with Gasteiger partial charge in [0.2, 0.25) is 0 Å². The predicted octanol–water partition coefficient (Wildman–Crippen LogP) is 2.43. The molecule has 2 heterocycles. The van der Waals surface area contributed by atoms with Crippen LogP contribution in [0, 0.1) is 5.82 Å². The van der Waals surface area contributed by atoms with Gasteiger partial charge in [0, 0.05) is 51.5 Å². The summed E-state index contributed by atoms with van der Waals surface area (Å²) in [4.78, 5) is 19.2. The van der Waals surface area contributed by atoms with Crippen LogP contribution >= 0.6 is 12.4 Å². The van der Waals surface area contributed by atoms with Gasteiger partial charge in [-0.3, -0.25) is 9.69 Å². The normalized spacial score (nSPS) is 19.1. The summed E-state index contributed by atoms with van der Waals surface area (Å²) in [6.07, 6.45) is 7.98. The molecule has 2 aromatic rings. The van der Waals surface area contributed by atoms with Gasteiger partial charge in [0.25, 0.3) is 15.9 Å². The van der Waals surface area contributed by atoms with Crippen LogP contribution in [-0.2, 0) is 17.1 Å². The number of imidazole rings is 1. The molecule has 9 nitrogen and oxygen atoms in total. The molecule has 1 amide bonds. The van der Waals surface area contributed by atoms with Gasteiger partial charge in [0.05, 0.1) is 13.4 Å². The third-order valence-electron chi connectivity index (χ3n) is 6.98. The van der Waals surface area contributed by atoms with Crippen molar-refractivity contribution in [3.63, 3.8) is 0 Å². The number of benzene rings is 1. The first-order valence-electron chi connectivity index (χ1n) is 11.6. The number of ether oxygens (including phenoxy) is 1. The topological polar surface area (TPSA) is 96.8 Å². The number of rotatable bonds is 7. The first-order valence-corrected chi connectivity index (χ1v) is 13.0. The van der Waals surface area contributed by atoms with Crippen molar-refractivity contribution in [2.24, 2.45) is 7.05 Å². The molecule has 1 saturated carbocycles. The highest BCUT2D eigenvalue weighted by Gasteiger charge is 2.41. The summed E-state index contributed by atoms with van der Waals surface area (Å²) < 4.78 is 48.6. The third-order valence-corrected chi connectivity index (χ3v) is 8.76. The van der Waals surface area contributed by atoms with Crippen molar-refractivity contribution in [3.05, 3.63) is 42.1 Å². The van der Waals surface area contributed by atoms with Crippen LogP contribution in [0.1, 0.15) is 42.5 Å². The molecule has 35 heavy (non-hydrogen) atoms. The van der Waals surface area contributed by atoms with Crippen LogP contribution in [0.25, 0.3) is 0 Å². The van der Waals surface area contributed by atoms with E-state index in [1.165, 1.54) is 36.1 Å². The molecule has 194 valence electrons. The number of nitrogens with zero attached hydrogens (tertiary/aromatic N) is 4. The molecule has 2 aliphatic rings. The minimum atomic E-state index is -3.64. The van der Waals surface area contributed by atoms with Crippen LogP contribution in [0.2, 0.25) is 0 Å². The molecule has 1 aliphatic carbocycles. The molecule has 0 spiro atoms. The van der Waals surface area contributed by atoms with Gasteiger partial charge in [0.1, 0.15) is 17.1 Å². The summed E-state index contributed by atoms with van der Waals surface area (Å²) in [5.41, 5.74) is -0.380. The molecule has 12 heteroatoms. The number of hydrogen-bond acceptors (Lipinski definition) is 6. The summed E-state index contributed by atoms with van der Waals surface area (Å²) in [6, 6.07) is 4.32. The molecule has 1 N–H and O–H groups in total. The number of halogens is 2. The zero-order chi connectivity index (χ0) is 24.3. The smallest absolute Gasteiger partial charge is 0.262 e. The molecule has 0 radical (unpaired) electrons. The number of hydrogen-bond donors (Lipinski definition) is 1. The lowest BCUT2D eigenvalue weighted by Crippen LogP contribution is -2.62. The quantitative estimate of drug-likeness (QED) is 0.592. The predicted molar refractivity (Wildman–Crippen MR) is 132 cm³/mol. The number of carbonyl (C=O) groups excluding carboxylic acids is 1. The number of carbonyl (C=O) groups is 1. The Bertz CT molecular complexity index is 1130. The molecule has 1 saturated heterocycles. The average Bonchev–Trinajstić information content (AvgIpc) is 3.30. The Kier molecular flexibility index (Phi) is 8.79. The lowest BCUT2D eigenvalue weighted by atomic mass is 9.79. The maximum atomic E-state index is 14.4. The number of piperazine rings is 1. The molecule has 1 aliphatic heterocycles. The highest BCUT2D eigenvalue weighted by atomic mass is 35.5. The fraction of sp³-hybridized carbons (Fsp3) is 0.565. The van der Waals surface area contributed by atoms with Crippen molar-refractivity contribution in [2.75, 3.05) is 39.8 Å². The monoisotopic (exact) mass is 529 g/mol. The summed E-state index contributed by atoms with van der Waals surface area (Å²) in [6.45, 7) is 2.21. The Hall–Kier alpha value is -2.21. The molecular weight excluding hydrogens is 497 g/mol. The van der Waals surface area contributed by atoms with Gasteiger partial charge in [-0.15, -0.1) is 12.4 Å². The largest absolute Gasteiger partial charge is 0.496 e. The van der Waals surface area contributed by atoms with E-state index in [-0.39, 0.29) is 34.3 Å². The molecule has 0 bridgehead atoms. The second kappa shape index (κ2) is 11.2. The summed E-state index contributed by atoms with van der Waals surface area (Å²) in [5.74, 6) is -0.928. The minimum absolute atomic E-state index is 0. The van der Waals surface area contributed by atoms with E-state index in [0.29, 0.717) is 32.7 Å². The zero-order valence-electron chi connectivity index (χ0n) is 20.1. The average molecular weight is 530 g/mol. The molecule has 1 aromatic heterocycles. The van der Waals surface area contributed by atoms with Gasteiger partial charge in [0.15, 0.2) is 5.03 Å². The van der Waals surface area contributed by atoms with E-state index in [1.54, 1.807) is 17.7 Å². The van der Waals surface area contributed by atoms with Gasteiger partial charge in [-0.05, 0) is 25.0 Å². The fourth-order valence-corrected chi connectivity index (χ4v) is 6.49. The highest BCUT2D eigenvalue weighted by Crippen LogP contribution is 2.35. The van der Waals surface area contributed by atoms with E-state index < -0.39 is 21.7 Å². The number of aromatic nitrogens is 2. The number of aryl methyl sites for hydroxylation is 1. The number of sulfonamides is 1. The fourth-order valence-electron chi connectivity index (χ4n) is 5.10. The number of nitrogens with one attached hydrogen (secondary N) is 1. The van der Waals surface area contributed by atoms with Crippen molar-refractivity contribution in [1.29, 1.82) is 0 Å². The van der Waals surface area contributed by atoms with E-state index in [0.717, 1.165) is 32.1 Å². The first-order chi connectivity index (χ1) is 16.3. The molecule has 0 unspecified atom stereocenters. The van der Waals surface area contributed by atoms with E-state index >= 15 is 0 Å². The van der Waals surface area contributed by atoms with Crippen molar-refractivity contribution in [2.45, 2.75) is 42.7 Å². The van der Waals surface area contributed by atoms with Crippen LogP contribution in [0.3, 0.4) is 0 Å². The Morgan fingerprint density at radius 1 is 1.17 bits per heavy atom. The summed E-state index contributed by atoms with van der Waals surface area (Å²) in [7, 11) is -0.492. The van der Waals surface area contributed by atoms with Crippen molar-refractivity contribution < 1.29 is 22.3 Å². The highest BCUT2D eigenvalue weighted by molar-refractivity contribution is 7.89. The molecule has 1 aromatic carbocycles. The molecular formula is C23H33ClFN5O4S. The van der Waals surface area contributed by atoms with Crippen LogP contribution in [0.4, 0.5) is 4.39 Å². The van der Waals surface area contributed by atoms with Gasteiger partial charge in [-0.25, -0.2) is 17.8 Å². The van der Waals surface area contributed by atoms with Gasteiger partial charge in [-0.2, -0.15) is 4.31 Å². The molecule has 4 rings (SSSR count). The van der Waals surface area contributed by atoms with Crippen LogP contribution in [0.5, 0.6) is 5.75 Å². The second-order valence-corrected chi connectivity index (χ2v) is 10.9. The minimum Gasteiger partial charge on any atom is -0.496 e. The van der Waals surface area contributed by atoms with Gasteiger partial charge < -0.3 is 14.6 Å². The van der Waals surface area contributed by atoms with Crippen molar-refractivity contribution >= 4 is 28.3 Å². The Morgan fingerprint density at radius 3 is 2.46 bits per heavy atom. The maximum Gasteiger partial charge on any atom is 0.262 e. The standard InChI is InChI=1S/C23H32FN5O4S.ClH/c1-27-15-20(26-17-27)34(31,32)29-13-11-28(12-14-29)23(9-4-3-5-10-23)16-25-22(30)21-18(24)7-6-8-19(21)33-2;/h6-8,15,17H,3-5,9-14,16H2,1-2H3,(H,25,30);1H. The van der Waals surface area contributed by atoms with E-state index in [4.69, 9.17) is 4.74 Å². The van der Waals surface area contributed by atoms with E-state index in [9.17, 15) is 17.6 Å². The Balaban J connectivity index is 0.00000342. The summed E-state index contributed by atoms with van der Waals surface area (Å²) in [5, 5.41) is 3.00. The van der Waals surface area contributed by atoms with Crippen molar-refractivity contribution in [1.82, 2.24) is 24.1 Å². The van der Waals surface area contributed by atoms with Crippen LogP contribution < -0.4 is 10.1 Å². The van der Waals surface area contributed by atoms with E-state index in [2.05, 4.69) is 15.2 Å². The number of amides is 1. The lowest BCUT2D eigenvalue weighted by Gasteiger charge is -2.49. The number of methoxy groups -OCH3 is 1. The Morgan fingerprint density at radius 2 is 1.86 bits per heavy atom. The molecule has 0 atom stereocenters. The van der Waals surface area contributed by atoms with Gasteiger partial charge >= 0.3 is 0 Å². The third kappa shape index (κ3) is 5.63. The lowest BCUT2D eigenvalue weighted by molar-refractivity contribution is 0.0239. The Labute approximate surface area is 212 Å². The zero-order valence-corrected chi connectivity index (χ0v) is 21.7. The maximum absolute atomic E-state index is 14.4. The van der Waals surface area contributed by atoms with Crippen molar-refractivity contribution in [3.8, 4) is 5.75 Å². The molecule has 2 fully saturated rings. The second-order valence-electron chi connectivity index (χ2n) is 9.05. The van der Waals surface area contributed by atoms with Crippen LogP contribution in [-0.4, -0.2) is 78.5 Å².